The van der Waals surface area contributed by atoms with Crippen molar-refractivity contribution >= 4 is 27.5 Å². The van der Waals surface area contributed by atoms with Gasteiger partial charge in [0.15, 0.2) is 0 Å². The molecule has 106 valence electrons. The molecule has 0 atom stereocenters. The first-order valence-electron chi connectivity index (χ1n) is 6.20. The highest BCUT2D eigenvalue weighted by Crippen LogP contribution is 2.21. The number of halogens is 2. The van der Waals surface area contributed by atoms with Crippen molar-refractivity contribution in [3.63, 3.8) is 0 Å². The van der Waals surface area contributed by atoms with Crippen LogP contribution in [0.5, 0.6) is 0 Å². The van der Waals surface area contributed by atoms with Crippen LogP contribution >= 0.6 is 11.3 Å². The van der Waals surface area contributed by atoms with Gasteiger partial charge in [0.05, 0.1) is 16.8 Å². The number of nitrogens with one attached hydrogen (secondary N) is 1. The number of rotatable bonds is 3. The summed E-state index contributed by atoms with van der Waals surface area (Å²) in [5.74, 6) is -2.09. The van der Waals surface area contributed by atoms with Crippen LogP contribution < -0.4 is 5.32 Å². The van der Waals surface area contributed by atoms with E-state index in [0.717, 1.165) is 33.4 Å². The predicted octanol–water partition coefficient (Wildman–Crippen LogP) is 3.50. The van der Waals surface area contributed by atoms with Gasteiger partial charge in [0.1, 0.15) is 16.6 Å². The number of benzene rings is 2. The van der Waals surface area contributed by atoms with Crippen LogP contribution in [-0.2, 0) is 6.54 Å². The van der Waals surface area contributed by atoms with Gasteiger partial charge in [-0.15, -0.1) is 11.3 Å². The van der Waals surface area contributed by atoms with E-state index in [0.29, 0.717) is 0 Å². The number of carbonyl (C=O) groups is 1. The second kappa shape index (κ2) is 5.57. The van der Waals surface area contributed by atoms with E-state index in [4.69, 9.17) is 0 Å². The van der Waals surface area contributed by atoms with E-state index in [9.17, 15) is 13.6 Å². The number of hydrogen-bond acceptors (Lipinski definition) is 3. The zero-order valence-electron chi connectivity index (χ0n) is 10.8. The Morgan fingerprint density at radius 3 is 2.57 bits per heavy atom. The molecular weight excluding hydrogens is 294 g/mol. The van der Waals surface area contributed by atoms with Gasteiger partial charge in [-0.25, -0.2) is 13.8 Å². The average molecular weight is 304 g/mol. The number of thiazole rings is 1. The van der Waals surface area contributed by atoms with Gasteiger partial charge in [0, 0.05) is 11.6 Å². The Morgan fingerprint density at radius 2 is 1.86 bits per heavy atom. The van der Waals surface area contributed by atoms with Crippen molar-refractivity contribution in [1.29, 1.82) is 0 Å². The molecule has 3 nitrogen and oxygen atoms in total. The third-order valence-corrected chi connectivity index (χ3v) is 3.90. The molecule has 0 aliphatic carbocycles. The van der Waals surface area contributed by atoms with Gasteiger partial charge in [0.25, 0.3) is 5.91 Å². The first kappa shape index (κ1) is 13.6. The summed E-state index contributed by atoms with van der Waals surface area (Å²) >= 11 is 1.47. The summed E-state index contributed by atoms with van der Waals surface area (Å²) in [5.41, 5.74) is 0.817. The van der Waals surface area contributed by atoms with Crippen LogP contribution in [0.2, 0.25) is 0 Å². The van der Waals surface area contributed by atoms with Crippen molar-refractivity contribution in [1.82, 2.24) is 10.3 Å². The Kier molecular flexibility index (Phi) is 3.62. The summed E-state index contributed by atoms with van der Waals surface area (Å²) < 4.78 is 27.1. The molecule has 0 aliphatic rings. The van der Waals surface area contributed by atoms with E-state index in [2.05, 4.69) is 10.3 Å². The Bertz CT molecular complexity index is 763. The Labute approximate surface area is 123 Å². The quantitative estimate of drug-likeness (QED) is 0.804. The summed E-state index contributed by atoms with van der Waals surface area (Å²) in [5, 5.41) is 3.34. The lowest BCUT2D eigenvalue weighted by atomic mass is 10.2. The second-order valence-electron chi connectivity index (χ2n) is 4.42. The average Bonchev–Trinajstić information content (AvgIpc) is 2.86. The van der Waals surface area contributed by atoms with Crippen molar-refractivity contribution in [2.24, 2.45) is 0 Å². The SMILES string of the molecule is O=C(NCc1nc2ccccc2s1)c1cc(F)cc(F)c1. The Balaban J connectivity index is 1.73. The number of amides is 1. The monoisotopic (exact) mass is 304 g/mol. The summed E-state index contributed by atoms with van der Waals surface area (Å²) in [6, 6.07) is 10.4. The van der Waals surface area contributed by atoms with Gasteiger partial charge in [-0.3, -0.25) is 4.79 Å². The zero-order chi connectivity index (χ0) is 14.8. The molecule has 0 saturated heterocycles. The van der Waals surface area contributed by atoms with Gasteiger partial charge < -0.3 is 5.32 Å². The minimum absolute atomic E-state index is 0.0476. The van der Waals surface area contributed by atoms with Crippen molar-refractivity contribution in [2.75, 3.05) is 0 Å². The largest absolute Gasteiger partial charge is 0.346 e. The third kappa shape index (κ3) is 3.05. The number of hydrogen-bond donors (Lipinski definition) is 1. The molecule has 21 heavy (non-hydrogen) atoms. The molecule has 0 saturated carbocycles. The first-order valence-corrected chi connectivity index (χ1v) is 7.02. The van der Waals surface area contributed by atoms with Crippen LogP contribution in [0.25, 0.3) is 10.2 Å². The van der Waals surface area contributed by atoms with Crippen molar-refractivity contribution < 1.29 is 13.6 Å². The fourth-order valence-corrected chi connectivity index (χ4v) is 2.85. The highest BCUT2D eigenvalue weighted by Gasteiger charge is 2.10. The summed E-state index contributed by atoms with van der Waals surface area (Å²) in [6.45, 7) is 0.219. The maximum Gasteiger partial charge on any atom is 0.251 e. The van der Waals surface area contributed by atoms with Gasteiger partial charge in [0.2, 0.25) is 0 Å². The lowest BCUT2D eigenvalue weighted by Crippen LogP contribution is -2.23. The van der Waals surface area contributed by atoms with E-state index < -0.39 is 17.5 Å². The number of carbonyl (C=O) groups excluding carboxylic acids is 1. The summed E-state index contributed by atoms with van der Waals surface area (Å²) in [4.78, 5) is 16.2. The van der Waals surface area contributed by atoms with Crippen molar-refractivity contribution in [3.8, 4) is 0 Å². The fourth-order valence-electron chi connectivity index (χ4n) is 1.94. The molecule has 0 fully saturated rings. The second-order valence-corrected chi connectivity index (χ2v) is 5.53. The van der Waals surface area contributed by atoms with E-state index in [-0.39, 0.29) is 12.1 Å². The molecule has 3 aromatic rings. The van der Waals surface area contributed by atoms with Gasteiger partial charge in [-0.1, -0.05) is 12.1 Å². The molecule has 1 aromatic heterocycles. The molecule has 0 aliphatic heterocycles. The molecule has 1 heterocycles. The van der Waals surface area contributed by atoms with E-state index in [1.807, 2.05) is 24.3 Å². The van der Waals surface area contributed by atoms with E-state index in [1.54, 1.807) is 0 Å². The van der Waals surface area contributed by atoms with Gasteiger partial charge >= 0.3 is 0 Å². The Morgan fingerprint density at radius 1 is 1.14 bits per heavy atom. The maximum atomic E-state index is 13.1. The molecule has 1 amide bonds. The van der Waals surface area contributed by atoms with Crippen LogP contribution in [0, 0.1) is 11.6 Å². The summed E-state index contributed by atoms with van der Waals surface area (Å²) in [7, 11) is 0. The molecule has 0 spiro atoms. The lowest BCUT2D eigenvalue weighted by molar-refractivity contribution is 0.0950. The van der Waals surface area contributed by atoms with Crippen molar-refractivity contribution in [2.45, 2.75) is 6.54 Å². The highest BCUT2D eigenvalue weighted by atomic mass is 32.1. The zero-order valence-corrected chi connectivity index (χ0v) is 11.6. The smallest absolute Gasteiger partial charge is 0.251 e. The first-order chi connectivity index (χ1) is 10.1. The normalized spacial score (nSPS) is 10.8. The molecule has 0 radical (unpaired) electrons. The van der Waals surface area contributed by atoms with Crippen LogP contribution in [0.15, 0.2) is 42.5 Å². The predicted molar refractivity (Wildman–Crippen MR) is 77.1 cm³/mol. The number of fused-ring (bicyclic) bond motifs is 1. The molecule has 3 rings (SSSR count). The van der Waals surface area contributed by atoms with Crippen LogP contribution in [0.4, 0.5) is 8.78 Å². The van der Waals surface area contributed by atoms with Gasteiger partial charge in [-0.2, -0.15) is 0 Å². The fraction of sp³-hybridized carbons (Fsp3) is 0.0667. The molecule has 1 N–H and O–H groups in total. The van der Waals surface area contributed by atoms with Crippen LogP contribution in [0.1, 0.15) is 15.4 Å². The molecule has 0 unspecified atom stereocenters. The van der Waals surface area contributed by atoms with Gasteiger partial charge in [-0.05, 0) is 24.3 Å². The molecule has 2 aromatic carbocycles. The Hall–Kier alpha value is -2.34. The summed E-state index contributed by atoms with van der Waals surface area (Å²) in [6.07, 6.45) is 0. The lowest BCUT2D eigenvalue weighted by Gasteiger charge is -2.03. The topological polar surface area (TPSA) is 42.0 Å². The maximum absolute atomic E-state index is 13.1. The standard InChI is InChI=1S/C15H10F2N2OS/c16-10-5-9(6-11(17)7-10)15(20)18-8-14-19-12-3-1-2-4-13(12)21-14/h1-7H,8H2,(H,18,20). The highest BCUT2D eigenvalue weighted by molar-refractivity contribution is 7.18. The van der Waals surface area contributed by atoms with E-state index in [1.165, 1.54) is 11.3 Å². The minimum atomic E-state index is -0.778. The van der Waals surface area contributed by atoms with Crippen molar-refractivity contribution in [3.05, 3.63) is 64.7 Å². The third-order valence-electron chi connectivity index (χ3n) is 2.86. The molecule has 0 bridgehead atoms. The number of para-hydroxylation sites is 1. The van der Waals surface area contributed by atoms with Crippen LogP contribution in [0.3, 0.4) is 0 Å². The number of nitrogens with zero attached hydrogens (tertiary/aromatic N) is 1. The number of aromatic nitrogens is 1. The molecule has 6 heteroatoms. The van der Waals surface area contributed by atoms with E-state index >= 15 is 0 Å². The molecular formula is C15H10F2N2OS. The minimum Gasteiger partial charge on any atom is -0.346 e. The van der Waals surface area contributed by atoms with Crippen LogP contribution in [-0.4, -0.2) is 10.9 Å².